The molecule has 3 nitrogen and oxygen atoms in total. The number of rotatable bonds is 4. The zero-order valence-electron chi connectivity index (χ0n) is 14.4. The Morgan fingerprint density at radius 3 is 2.46 bits per heavy atom. The molecular formula is C23H18O3. The molecule has 128 valence electrons. The number of fused-ring (bicyclic) bond motifs is 1. The topological polar surface area (TPSA) is 39.4 Å². The van der Waals surface area contributed by atoms with E-state index in [-0.39, 0.29) is 5.63 Å². The number of aryl methyl sites for hydroxylation is 1. The maximum absolute atomic E-state index is 12.0. The number of ether oxygens (including phenoxy) is 1. The molecule has 1 aromatic heterocycles. The molecule has 1 heterocycles. The Kier molecular flexibility index (Phi) is 4.28. The molecule has 0 unspecified atom stereocenters. The van der Waals surface area contributed by atoms with Crippen LogP contribution in [0.15, 0.2) is 88.1 Å². The molecule has 0 spiro atoms. The fourth-order valence-corrected chi connectivity index (χ4v) is 3.02. The van der Waals surface area contributed by atoms with Gasteiger partial charge in [-0.15, -0.1) is 0 Å². The maximum Gasteiger partial charge on any atom is 0.336 e. The van der Waals surface area contributed by atoms with Crippen LogP contribution in [0.3, 0.4) is 0 Å². The first kappa shape index (κ1) is 16.2. The van der Waals surface area contributed by atoms with E-state index in [1.54, 1.807) is 6.07 Å². The van der Waals surface area contributed by atoms with Crippen LogP contribution < -0.4 is 10.4 Å². The second-order valence-electron chi connectivity index (χ2n) is 6.22. The predicted octanol–water partition coefficient (Wildman–Crippen LogP) is 5.35. The molecule has 0 aliphatic heterocycles. The summed E-state index contributed by atoms with van der Waals surface area (Å²) >= 11 is 0. The van der Waals surface area contributed by atoms with Gasteiger partial charge in [-0.1, -0.05) is 54.6 Å². The summed E-state index contributed by atoms with van der Waals surface area (Å²) in [7, 11) is 0. The van der Waals surface area contributed by atoms with Crippen LogP contribution in [0.2, 0.25) is 0 Å². The molecule has 0 atom stereocenters. The van der Waals surface area contributed by atoms with Crippen LogP contribution in [0.1, 0.15) is 11.1 Å². The first-order valence-corrected chi connectivity index (χ1v) is 8.51. The molecule has 3 heteroatoms. The Morgan fingerprint density at radius 1 is 0.885 bits per heavy atom. The lowest BCUT2D eigenvalue weighted by molar-refractivity contribution is 0.305. The molecule has 0 aliphatic carbocycles. The summed E-state index contributed by atoms with van der Waals surface area (Å²) in [5.41, 5.74) is 4.32. The van der Waals surface area contributed by atoms with Crippen molar-refractivity contribution in [1.82, 2.24) is 0 Å². The Morgan fingerprint density at radius 2 is 1.65 bits per heavy atom. The van der Waals surface area contributed by atoms with E-state index in [4.69, 9.17) is 9.15 Å². The molecule has 0 bridgehead atoms. The molecule has 0 N–H and O–H groups in total. The van der Waals surface area contributed by atoms with Gasteiger partial charge in [-0.2, -0.15) is 0 Å². The van der Waals surface area contributed by atoms with Gasteiger partial charge in [0.15, 0.2) is 0 Å². The molecule has 3 aromatic carbocycles. The minimum absolute atomic E-state index is 0.368. The highest BCUT2D eigenvalue weighted by Crippen LogP contribution is 2.29. The van der Waals surface area contributed by atoms with E-state index in [9.17, 15) is 4.79 Å². The standard InChI is InChI=1S/C23H18O3/c1-16-7-5-6-10-18(16)15-25-19-11-12-20-21(17-8-3-2-4-9-17)14-23(24)26-22(20)13-19/h2-14H,15H2,1H3. The van der Waals surface area contributed by atoms with Gasteiger partial charge < -0.3 is 9.15 Å². The fourth-order valence-electron chi connectivity index (χ4n) is 3.02. The van der Waals surface area contributed by atoms with Crippen LogP contribution in [0.4, 0.5) is 0 Å². The highest BCUT2D eigenvalue weighted by molar-refractivity contribution is 5.93. The lowest BCUT2D eigenvalue weighted by Gasteiger charge is -2.10. The second kappa shape index (κ2) is 6.89. The van der Waals surface area contributed by atoms with E-state index in [0.29, 0.717) is 17.9 Å². The van der Waals surface area contributed by atoms with Gasteiger partial charge in [-0.25, -0.2) is 4.79 Å². The van der Waals surface area contributed by atoms with Gasteiger partial charge in [-0.05, 0) is 41.3 Å². The summed E-state index contributed by atoms with van der Waals surface area (Å²) in [6.07, 6.45) is 0. The zero-order valence-corrected chi connectivity index (χ0v) is 14.4. The van der Waals surface area contributed by atoms with E-state index < -0.39 is 0 Å². The molecule has 0 aliphatic rings. The molecule has 26 heavy (non-hydrogen) atoms. The van der Waals surface area contributed by atoms with Crippen molar-refractivity contribution in [3.8, 4) is 16.9 Å². The normalized spacial score (nSPS) is 10.8. The van der Waals surface area contributed by atoms with Gasteiger partial charge in [0.25, 0.3) is 0 Å². The molecule has 0 saturated heterocycles. The summed E-state index contributed by atoms with van der Waals surface area (Å²) in [4.78, 5) is 12.0. The van der Waals surface area contributed by atoms with E-state index >= 15 is 0 Å². The van der Waals surface area contributed by atoms with Crippen LogP contribution >= 0.6 is 0 Å². The first-order valence-electron chi connectivity index (χ1n) is 8.51. The monoisotopic (exact) mass is 342 g/mol. The predicted molar refractivity (Wildman–Crippen MR) is 103 cm³/mol. The van der Waals surface area contributed by atoms with E-state index in [1.807, 2.05) is 60.7 Å². The quantitative estimate of drug-likeness (QED) is 0.470. The Hall–Kier alpha value is -3.33. The van der Waals surface area contributed by atoms with Crippen LogP contribution in [0, 0.1) is 6.92 Å². The van der Waals surface area contributed by atoms with E-state index in [0.717, 1.165) is 22.1 Å². The molecule has 0 amide bonds. The largest absolute Gasteiger partial charge is 0.489 e. The Balaban J connectivity index is 1.70. The van der Waals surface area contributed by atoms with Gasteiger partial charge in [0.1, 0.15) is 17.9 Å². The molecule has 0 fully saturated rings. The number of hydrogen-bond acceptors (Lipinski definition) is 3. The number of hydrogen-bond donors (Lipinski definition) is 0. The third-order valence-corrected chi connectivity index (χ3v) is 4.46. The molecule has 0 saturated carbocycles. The third-order valence-electron chi connectivity index (χ3n) is 4.46. The zero-order chi connectivity index (χ0) is 17.9. The average molecular weight is 342 g/mol. The SMILES string of the molecule is Cc1ccccc1COc1ccc2c(-c3ccccc3)cc(=O)oc2c1. The van der Waals surface area contributed by atoms with Crippen LogP contribution in [-0.2, 0) is 6.61 Å². The minimum Gasteiger partial charge on any atom is -0.489 e. The van der Waals surface area contributed by atoms with Crippen molar-refractivity contribution >= 4 is 11.0 Å². The highest BCUT2D eigenvalue weighted by atomic mass is 16.5. The minimum atomic E-state index is -0.368. The van der Waals surface area contributed by atoms with Crippen molar-refractivity contribution in [3.05, 3.63) is 100 Å². The second-order valence-corrected chi connectivity index (χ2v) is 6.22. The van der Waals surface area contributed by atoms with Crippen molar-refractivity contribution in [2.24, 2.45) is 0 Å². The summed E-state index contributed by atoms with van der Waals surface area (Å²) in [6, 6.07) is 25.1. The molecule has 0 radical (unpaired) electrons. The average Bonchev–Trinajstić information content (AvgIpc) is 2.67. The van der Waals surface area contributed by atoms with Gasteiger partial charge in [0.2, 0.25) is 0 Å². The van der Waals surface area contributed by atoms with Gasteiger partial charge >= 0.3 is 5.63 Å². The summed E-state index contributed by atoms with van der Waals surface area (Å²) in [5, 5.41) is 0.888. The molecule has 4 rings (SSSR count). The molecular weight excluding hydrogens is 324 g/mol. The lowest BCUT2D eigenvalue weighted by Crippen LogP contribution is -2.00. The van der Waals surface area contributed by atoms with Crippen LogP contribution in [-0.4, -0.2) is 0 Å². The summed E-state index contributed by atoms with van der Waals surface area (Å²) < 4.78 is 11.3. The first-order chi connectivity index (χ1) is 12.7. The van der Waals surface area contributed by atoms with Crippen molar-refractivity contribution in [2.75, 3.05) is 0 Å². The smallest absolute Gasteiger partial charge is 0.336 e. The summed E-state index contributed by atoms with van der Waals surface area (Å²) in [6.45, 7) is 2.53. The fraction of sp³-hybridized carbons (Fsp3) is 0.0870. The Bertz CT molecular complexity index is 1110. The van der Waals surface area contributed by atoms with Crippen molar-refractivity contribution in [1.29, 1.82) is 0 Å². The highest BCUT2D eigenvalue weighted by Gasteiger charge is 2.09. The van der Waals surface area contributed by atoms with Crippen LogP contribution in [0.25, 0.3) is 22.1 Å². The van der Waals surface area contributed by atoms with E-state index in [2.05, 4.69) is 13.0 Å². The number of benzene rings is 3. The van der Waals surface area contributed by atoms with Gasteiger partial charge in [-0.3, -0.25) is 0 Å². The van der Waals surface area contributed by atoms with Gasteiger partial charge in [0.05, 0.1) is 0 Å². The molecule has 4 aromatic rings. The van der Waals surface area contributed by atoms with Crippen LogP contribution in [0.5, 0.6) is 5.75 Å². The third kappa shape index (κ3) is 3.24. The lowest BCUT2D eigenvalue weighted by atomic mass is 10.0. The maximum atomic E-state index is 12.0. The van der Waals surface area contributed by atoms with Gasteiger partial charge in [0, 0.05) is 17.5 Å². The van der Waals surface area contributed by atoms with Crippen molar-refractivity contribution in [3.63, 3.8) is 0 Å². The van der Waals surface area contributed by atoms with Crippen molar-refractivity contribution in [2.45, 2.75) is 13.5 Å². The van der Waals surface area contributed by atoms with Crippen molar-refractivity contribution < 1.29 is 9.15 Å². The Labute approximate surface area is 151 Å². The van der Waals surface area contributed by atoms with E-state index in [1.165, 1.54) is 11.6 Å². The summed E-state index contributed by atoms with van der Waals surface area (Å²) in [5.74, 6) is 0.675.